The van der Waals surface area contributed by atoms with Crippen LogP contribution in [-0.4, -0.2) is 48.6 Å². The first-order valence-corrected chi connectivity index (χ1v) is 13.0. The van der Waals surface area contributed by atoms with Gasteiger partial charge in [-0.1, -0.05) is 46.6 Å². The molecule has 1 aromatic heterocycles. The second-order valence-corrected chi connectivity index (χ2v) is 9.92. The number of amides is 1. The Morgan fingerprint density at radius 3 is 2.35 bits per heavy atom. The third-order valence-corrected chi connectivity index (χ3v) is 6.24. The molecule has 3 rings (SSSR count). The normalized spacial score (nSPS) is 13.1. The quantitative estimate of drug-likeness (QED) is 0.200. The van der Waals surface area contributed by atoms with Crippen molar-refractivity contribution in [1.29, 1.82) is 0 Å². The highest BCUT2D eigenvalue weighted by molar-refractivity contribution is 7.46. The molecule has 0 aliphatic carbocycles. The van der Waals surface area contributed by atoms with Gasteiger partial charge < -0.3 is 24.6 Å². The molecular weight excluding hydrogens is 552 g/mol. The third-order valence-electron chi connectivity index (χ3n) is 5.05. The molecule has 0 bridgehead atoms. The highest BCUT2D eigenvalue weighted by Crippen LogP contribution is 2.37. The lowest BCUT2D eigenvalue weighted by Gasteiger charge is -2.18. The maximum atomic E-state index is 12.9. The van der Waals surface area contributed by atoms with Gasteiger partial charge in [0, 0.05) is 6.42 Å². The number of nitrogens with zero attached hydrogens (tertiary/aromatic N) is 2. The lowest BCUT2D eigenvalue weighted by atomic mass is 9.95. The molecule has 0 spiro atoms. The highest BCUT2D eigenvalue weighted by Gasteiger charge is 2.27. The first kappa shape index (κ1) is 28.6. The Hall–Kier alpha value is -2.99. The molecule has 0 aliphatic heterocycles. The molecule has 198 valence electrons. The summed E-state index contributed by atoms with van der Waals surface area (Å²) in [5.41, 5.74) is 1.27. The lowest BCUT2D eigenvalue weighted by Crippen LogP contribution is -2.37. The van der Waals surface area contributed by atoms with Crippen molar-refractivity contribution >= 4 is 42.9 Å². The fourth-order valence-electron chi connectivity index (χ4n) is 3.36. The van der Waals surface area contributed by atoms with E-state index in [2.05, 4.69) is 20.0 Å². The zero-order chi connectivity index (χ0) is 27.2. The predicted molar refractivity (Wildman–Crippen MR) is 130 cm³/mol. The minimum atomic E-state index is -4.73. The van der Waals surface area contributed by atoms with Crippen LogP contribution in [0.2, 0.25) is 10.0 Å². The van der Waals surface area contributed by atoms with E-state index in [-0.39, 0.29) is 30.3 Å². The Morgan fingerprint density at radius 2 is 1.76 bits per heavy atom. The number of aliphatic hydroxyl groups is 1. The first-order valence-electron chi connectivity index (χ1n) is 10.7. The largest absolute Gasteiger partial charge is 0.524 e. The molecule has 5 N–H and O–H groups in total. The second-order valence-electron chi connectivity index (χ2n) is 7.94. The van der Waals surface area contributed by atoms with Crippen molar-refractivity contribution in [2.24, 2.45) is 5.92 Å². The SMILES string of the molecule is O=C(O)C[C@H](Cc1ccc(OP(=O)(O)O)cc1)C(=O)N[C@@H](CO)c1nc(Cc2ccc(Cl)c(Cl)c2)no1. The number of hydrogen-bond acceptors (Lipinski definition) is 8. The number of phosphoric ester groups is 1. The van der Waals surface area contributed by atoms with E-state index in [1.165, 1.54) is 24.3 Å². The topological polar surface area (TPSA) is 192 Å². The molecule has 3 aromatic rings. The first-order chi connectivity index (χ1) is 17.4. The van der Waals surface area contributed by atoms with Gasteiger partial charge in [-0.05, 0) is 41.8 Å². The van der Waals surface area contributed by atoms with E-state index in [1.54, 1.807) is 18.2 Å². The van der Waals surface area contributed by atoms with E-state index >= 15 is 0 Å². The molecule has 0 saturated carbocycles. The smallest absolute Gasteiger partial charge is 0.481 e. The summed E-state index contributed by atoms with van der Waals surface area (Å²) in [6, 6.07) is 9.39. The molecule has 1 heterocycles. The summed E-state index contributed by atoms with van der Waals surface area (Å²) in [6.45, 7) is -0.589. The van der Waals surface area contributed by atoms with Gasteiger partial charge in [-0.25, -0.2) is 4.57 Å². The summed E-state index contributed by atoms with van der Waals surface area (Å²) in [4.78, 5) is 46.2. The number of aliphatic carboxylic acids is 1. The molecule has 12 nitrogen and oxygen atoms in total. The average molecular weight is 574 g/mol. The van der Waals surface area contributed by atoms with Gasteiger partial charge in [0.2, 0.25) is 5.91 Å². The number of carbonyl (C=O) groups is 2. The number of hydrogen-bond donors (Lipinski definition) is 5. The van der Waals surface area contributed by atoms with Gasteiger partial charge in [-0.2, -0.15) is 4.98 Å². The molecule has 1 amide bonds. The Kier molecular flexibility index (Phi) is 9.66. The maximum Gasteiger partial charge on any atom is 0.524 e. The van der Waals surface area contributed by atoms with Crippen molar-refractivity contribution in [2.75, 3.05) is 6.61 Å². The van der Waals surface area contributed by atoms with Crippen LogP contribution in [0.3, 0.4) is 0 Å². The number of carboxylic acids is 1. The Labute approximate surface area is 220 Å². The summed E-state index contributed by atoms with van der Waals surface area (Å²) < 4.78 is 20.6. The molecule has 37 heavy (non-hydrogen) atoms. The number of halogens is 2. The Morgan fingerprint density at radius 1 is 1.08 bits per heavy atom. The van der Waals surface area contributed by atoms with Crippen LogP contribution >= 0.6 is 31.0 Å². The summed E-state index contributed by atoms with van der Waals surface area (Å²) in [6.07, 6.45) is -0.286. The fraction of sp³-hybridized carbons (Fsp3) is 0.273. The fourth-order valence-corrected chi connectivity index (χ4v) is 4.08. The number of rotatable bonds is 12. The van der Waals surface area contributed by atoms with Crippen LogP contribution in [0.5, 0.6) is 5.75 Å². The number of benzene rings is 2. The molecule has 0 fully saturated rings. The van der Waals surface area contributed by atoms with Crippen LogP contribution in [-0.2, 0) is 27.0 Å². The van der Waals surface area contributed by atoms with E-state index in [1.807, 2.05) is 0 Å². The number of phosphoric acid groups is 1. The van der Waals surface area contributed by atoms with Crippen LogP contribution in [0.25, 0.3) is 0 Å². The Bertz CT molecular complexity index is 1300. The van der Waals surface area contributed by atoms with Gasteiger partial charge in [-0.3, -0.25) is 19.4 Å². The van der Waals surface area contributed by atoms with E-state index in [9.17, 15) is 24.4 Å². The van der Waals surface area contributed by atoms with Crippen LogP contribution in [0, 0.1) is 5.92 Å². The molecule has 2 atom stereocenters. The van der Waals surface area contributed by atoms with Crippen LogP contribution < -0.4 is 9.84 Å². The van der Waals surface area contributed by atoms with Gasteiger partial charge in [0.25, 0.3) is 5.89 Å². The minimum Gasteiger partial charge on any atom is -0.481 e. The minimum absolute atomic E-state index is 0.0150. The highest BCUT2D eigenvalue weighted by atomic mass is 35.5. The summed E-state index contributed by atoms with van der Waals surface area (Å²) >= 11 is 11.9. The molecule has 0 saturated heterocycles. The molecular formula is C22H22Cl2N3O9P. The van der Waals surface area contributed by atoms with Crippen molar-refractivity contribution < 1.29 is 43.2 Å². The van der Waals surface area contributed by atoms with E-state index in [0.717, 1.165) is 5.56 Å². The van der Waals surface area contributed by atoms with Crippen molar-refractivity contribution in [3.63, 3.8) is 0 Å². The van der Waals surface area contributed by atoms with E-state index in [4.69, 9.17) is 37.5 Å². The zero-order valence-electron chi connectivity index (χ0n) is 19.0. The summed E-state index contributed by atoms with van der Waals surface area (Å²) in [5.74, 6) is -2.84. The molecule has 0 unspecified atom stereocenters. The van der Waals surface area contributed by atoms with Crippen molar-refractivity contribution in [2.45, 2.75) is 25.3 Å². The number of carbonyl (C=O) groups excluding carboxylic acids is 1. The van der Waals surface area contributed by atoms with Crippen molar-refractivity contribution in [1.82, 2.24) is 15.5 Å². The number of carboxylic acid groups (broad SMARTS) is 1. The van der Waals surface area contributed by atoms with Gasteiger partial charge in [0.15, 0.2) is 5.82 Å². The van der Waals surface area contributed by atoms with Gasteiger partial charge in [0.1, 0.15) is 11.8 Å². The molecule has 2 aromatic carbocycles. The van der Waals surface area contributed by atoms with Crippen molar-refractivity contribution in [3.8, 4) is 5.75 Å². The zero-order valence-corrected chi connectivity index (χ0v) is 21.4. The molecule has 0 aliphatic rings. The van der Waals surface area contributed by atoms with Crippen LogP contribution in [0.1, 0.15) is 35.3 Å². The van der Waals surface area contributed by atoms with Gasteiger partial charge in [0.05, 0.1) is 29.0 Å². The number of aromatic nitrogens is 2. The average Bonchev–Trinajstić information content (AvgIpc) is 3.27. The van der Waals surface area contributed by atoms with E-state index < -0.39 is 44.7 Å². The predicted octanol–water partition coefficient (Wildman–Crippen LogP) is 2.92. The van der Waals surface area contributed by atoms with Crippen LogP contribution in [0.4, 0.5) is 0 Å². The lowest BCUT2D eigenvalue weighted by molar-refractivity contribution is -0.141. The number of aliphatic hydroxyl groups excluding tert-OH is 1. The van der Waals surface area contributed by atoms with Gasteiger partial charge in [-0.15, -0.1) is 0 Å². The maximum absolute atomic E-state index is 12.9. The summed E-state index contributed by atoms with van der Waals surface area (Å²) in [5, 5.41) is 26.2. The van der Waals surface area contributed by atoms with Gasteiger partial charge >= 0.3 is 13.8 Å². The molecule has 15 heteroatoms. The second kappa shape index (κ2) is 12.5. The summed E-state index contributed by atoms with van der Waals surface area (Å²) in [7, 11) is -4.73. The number of nitrogens with one attached hydrogen (secondary N) is 1. The Balaban J connectivity index is 1.68. The van der Waals surface area contributed by atoms with Crippen LogP contribution in [0.15, 0.2) is 47.0 Å². The van der Waals surface area contributed by atoms with Crippen molar-refractivity contribution in [3.05, 3.63) is 75.4 Å². The monoisotopic (exact) mass is 573 g/mol. The molecule has 0 radical (unpaired) electrons. The standard InChI is InChI=1S/C22H22Cl2N3O9P/c23-16-6-3-13(8-17(16)24)9-19-26-22(35-27-19)18(11-28)25-21(31)14(10-20(29)30)7-12-1-4-15(5-2-12)36-37(32,33)34/h1-6,8,14,18,28H,7,9-11H2,(H,25,31)(H,29,30)(H2,32,33,34)/t14-,18-/m0/s1. The third kappa shape index (κ3) is 8.81. The van der Waals surface area contributed by atoms with E-state index in [0.29, 0.717) is 15.6 Å².